The Hall–Kier alpha value is -1.85. The van der Waals surface area contributed by atoms with E-state index >= 15 is 0 Å². The molecule has 0 saturated carbocycles. The molecule has 1 fully saturated rings. The van der Waals surface area contributed by atoms with E-state index in [-0.39, 0.29) is 18.6 Å². The number of aliphatic hydroxyl groups excluding tert-OH is 4. The van der Waals surface area contributed by atoms with E-state index in [9.17, 15) is 20.4 Å². The van der Waals surface area contributed by atoms with Gasteiger partial charge in [-0.05, 0) is 5.92 Å². The van der Waals surface area contributed by atoms with Gasteiger partial charge in [-0.1, -0.05) is 20.3 Å². The van der Waals surface area contributed by atoms with Gasteiger partial charge < -0.3 is 30.5 Å². The van der Waals surface area contributed by atoms with Crippen molar-refractivity contribution in [1.82, 2.24) is 19.5 Å². The van der Waals surface area contributed by atoms with Crippen molar-refractivity contribution in [2.75, 3.05) is 18.5 Å². The Morgan fingerprint density at radius 2 is 2.00 bits per heavy atom. The summed E-state index contributed by atoms with van der Waals surface area (Å²) in [5.74, 6) is 0.701. The average molecular weight is 367 g/mol. The van der Waals surface area contributed by atoms with Crippen LogP contribution in [0.15, 0.2) is 12.7 Å². The monoisotopic (exact) mass is 367 g/mol. The number of fused-ring (bicyclic) bond motifs is 1. The van der Waals surface area contributed by atoms with Gasteiger partial charge in [-0.25, -0.2) is 15.0 Å². The van der Waals surface area contributed by atoms with Crippen molar-refractivity contribution in [3.05, 3.63) is 12.7 Å². The number of anilines is 1. The summed E-state index contributed by atoms with van der Waals surface area (Å²) in [6.07, 6.45) is -0.526. The number of ether oxygens (including phenoxy) is 1. The molecule has 1 aliphatic rings. The van der Waals surface area contributed by atoms with Crippen molar-refractivity contribution in [3.8, 4) is 0 Å². The second kappa shape index (κ2) is 7.80. The molecule has 2 aromatic heterocycles. The van der Waals surface area contributed by atoms with Crippen LogP contribution in [0.2, 0.25) is 0 Å². The van der Waals surface area contributed by atoms with Crippen LogP contribution in [0, 0.1) is 5.92 Å². The first-order valence-corrected chi connectivity index (χ1v) is 8.69. The van der Waals surface area contributed by atoms with Crippen molar-refractivity contribution in [2.45, 2.75) is 50.8 Å². The zero-order valence-corrected chi connectivity index (χ0v) is 14.7. The molecule has 1 saturated heterocycles. The quantitative estimate of drug-likeness (QED) is 0.427. The van der Waals surface area contributed by atoms with Crippen molar-refractivity contribution in [3.63, 3.8) is 0 Å². The molecule has 2 aromatic rings. The number of aliphatic hydroxyl groups is 4. The van der Waals surface area contributed by atoms with E-state index in [2.05, 4.69) is 20.3 Å². The predicted molar refractivity (Wildman–Crippen MR) is 92.3 cm³/mol. The first-order chi connectivity index (χ1) is 12.5. The van der Waals surface area contributed by atoms with E-state index in [1.54, 1.807) is 0 Å². The molecular weight excluding hydrogens is 342 g/mol. The maximum atomic E-state index is 10.2. The minimum absolute atomic E-state index is 0.0456. The predicted octanol–water partition coefficient (Wildman–Crippen LogP) is -0.743. The van der Waals surface area contributed by atoms with Crippen LogP contribution in [0.1, 0.15) is 26.5 Å². The fraction of sp³-hybridized carbons (Fsp3) is 0.688. The summed E-state index contributed by atoms with van der Waals surface area (Å²) in [5, 5.41) is 42.2. The third-order valence-electron chi connectivity index (χ3n) is 5.00. The number of nitrogens with zero attached hydrogens (tertiary/aromatic N) is 4. The van der Waals surface area contributed by atoms with E-state index in [0.717, 1.165) is 6.42 Å². The molecule has 5 N–H and O–H groups in total. The van der Waals surface area contributed by atoms with Gasteiger partial charge in [-0.2, -0.15) is 0 Å². The van der Waals surface area contributed by atoms with Gasteiger partial charge in [-0.3, -0.25) is 4.57 Å². The van der Waals surface area contributed by atoms with Crippen LogP contribution >= 0.6 is 0 Å². The highest BCUT2D eigenvalue weighted by Gasteiger charge is 2.44. The third kappa shape index (κ3) is 3.26. The molecule has 3 heterocycles. The lowest BCUT2D eigenvalue weighted by Crippen LogP contribution is -2.33. The van der Waals surface area contributed by atoms with E-state index in [4.69, 9.17) is 4.74 Å². The molecule has 6 atom stereocenters. The standard InChI is InChI=1S/C16H25N5O5/c1-3-8(2)9(4-22)20-14-11-15(18-6-17-14)21(7-19-11)16-13(25)12(24)10(5-23)26-16/h6-10,12-13,16,22-25H,3-5H2,1-2H3,(H,17,18,20)/t8-,9+,10+,12-,13?,16+/m0/s1. The number of aromatic nitrogens is 4. The van der Waals surface area contributed by atoms with Gasteiger partial charge in [-0.15, -0.1) is 0 Å². The summed E-state index contributed by atoms with van der Waals surface area (Å²) in [4.78, 5) is 12.7. The number of imidazole rings is 1. The summed E-state index contributed by atoms with van der Waals surface area (Å²) >= 11 is 0. The molecule has 144 valence electrons. The Bertz CT molecular complexity index is 741. The Morgan fingerprint density at radius 1 is 1.23 bits per heavy atom. The highest BCUT2D eigenvalue weighted by Crippen LogP contribution is 2.32. The van der Waals surface area contributed by atoms with Crippen LogP contribution in [0.3, 0.4) is 0 Å². The van der Waals surface area contributed by atoms with E-state index in [1.165, 1.54) is 17.2 Å². The molecule has 0 aromatic carbocycles. The van der Waals surface area contributed by atoms with Gasteiger partial charge in [0, 0.05) is 0 Å². The molecule has 3 rings (SSSR count). The Balaban J connectivity index is 1.92. The second-order valence-corrected chi connectivity index (χ2v) is 6.59. The first-order valence-electron chi connectivity index (χ1n) is 8.69. The van der Waals surface area contributed by atoms with E-state index in [1.807, 2.05) is 13.8 Å². The van der Waals surface area contributed by atoms with E-state index < -0.39 is 31.1 Å². The summed E-state index contributed by atoms with van der Waals surface area (Å²) < 4.78 is 7.04. The van der Waals surface area contributed by atoms with Gasteiger partial charge in [0.15, 0.2) is 23.2 Å². The number of rotatable bonds is 7. The van der Waals surface area contributed by atoms with Crippen LogP contribution < -0.4 is 5.32 Å². The molecule has 10 heteroatoms. The zero-order chi connectivity index (χ0) is 18.8. The van der Waals surface area contributed by atoms with Gasteiger partial charge in [0.2, 0.25) is 0 Å². The molecule has 0 radical (unpaired) electrons. The largest absolute Gasteiger partial charge is 0.394 e. The summed E-state index contributed by atoms with van der Waals surface area (Å²) in [5.41, 5.74) is 0.880. The maximum absolute atomic E-state index is 10.2. The van der Waals surface area contributed by atoms with Crippen molar-refractivity contribution < 1.29 is 25.2 Å². The van der Waals surface area contributed by atoms with Crippen LogP contribution in [-0.2, 0) is 4.74 Å². The lowest BCUT2D eigenvalue weighted by molar-refractivity contribution is -0.0511. The van der Waals surface area contributed by atoms with Crippen molar-refractivity contribution >= 4 is 17.0 Å². The van der Waals surface area contributed by atoms with Crippen molar-refractivity contribution in [1.29, 1.82) is 0 Å². The average Bonchev–Trinajstić information content (AvgIpc) is 3.21. The lowest BCUT2D eigenvalue weighted by Gasteiger charge is -2.22. The third-order valence-corrected chi connectivity index (χ3v) is 5.00. The Kier molecular flexibility index (Phi) is 5.68. The summed E-state index contributed by atoms with van der Waals surface area (Å²) in [7, 11) is 0. The molecule has 0 aliphatic carbocycles. The Labute approximate surface area is 150 Å². The maximum Gasteiger partial charge on any atom is 0.167 e. The molecule has 26 heavy (non-hydrogen) atoms. The minimum Gasteiger partial charge on any atom is -0.394 e. The topological polar surface area (TPSA) is 146 Å². The zero-order valence-electron chi connectivity index (χ0n) is 14.7. The van der Waals surface area contributed by atoms with Gasteiger partial charge in [0.1, 0.15) is 24.6 Å². The molecule has 0 amide bonds. The fourth-order valence-corrected chi connectivity index (χ4v) is 3.08. The smallest absolute Gasteiger partial charge is 0.167 e. The lowest BCUT2D eigenvalue weighted by atomic mass is 10.00. The van der Waals surface area contributed by atoms with Gasteiger partial charge in [0.05, 0.1) is 25.6 Å². The normalized spacial score (nSPS) is 28.4. The van der Waals surface area contributed by atoms with Crippen LogP contribution in [0.25, 0.3) is 11.2 Å². The molecular formula is C16H25N5O5. The van der Waals surface area contributed by atoms with Crippen molar-refractivity contribution in [2.24, 2.45) is 5.92 Å². The SMILES string of the molecule is CC[C@H](C)[C@@H](CO)Nc1ncnc2c1ncn2[C@@H]1O[C@H](CO)[C@H](O)C1O. The summed E-state index contributed by atoms with van der Waals surface area (Å²) in [6.45, 7) is 3.62. The number of hydrogen-bond acceptors (Lipinski definition) is 9. The first kappa shape index (κ1) is 18.9. The summed E-state index contributed by atoms with van der Waals surface area (Å²) in [6, 6.07) is -0.183. The highest BCUT2D eigenvalue weighted by atomic mass is 16.6. The van der Waals surface area contributed by atoms with Crippen LogP contribution in [0.5, 0.6) is 0 Å². The highest BCUT2D eigenvalue weighted by molar-refractivity contribution is 5.82. The van der Waals surface area contributed by atoms with Gasteiger partial charge >= 0.3 is 0 Å². The van der Waals surface area contributed by atoms with E-state index in [0.29, 0.717) is 17.0 Å². The molecule has 0 spiro atoms. The minimum atomic E-state index is -1.22. The molecule has 10 nitrogen and oxygen atoms in total. The fourth-order valence-electron chi connectivity index (χ4n) is 3.08. The number of nitrogens with one attached hydrogen (secondary N) is 1. The van der Waals surface area contributed by atoms with Crippen LogP contribution in [-0.4, -0.2) is 77.5 Å². The second-order valence-electron chi connectivity index (χ2n) is 6.59. The van der Waals surface area contributed by atoms with Gasteiger partial charge in [0.25, 0.3) is 0 Å². The Morgan fingerprint density at radius 3 is 2.62 bits per heavy atom. The molecule has 1 aliphatic heterocycles. The molecule has 1 unspecified atom stereocenters. The molecule has 0 bridgehead atoms. The number of hydrogen-bond donors (Lipinski definition) is 5. The van der Waals surface area contributed by atoms with Crippen LogP contribution in [0.4, 0.5) is 5.82 Å².